The van der Waals surface area contributed by atoms with Gasteiger partial charge in [0, 0.05) is 19.6 Å². The summed E-state index contributed by atoms with van der Waals surface area (Å²) in [4.78, 5) is 2.60. The van der Waals surface area contributed by atoms with Crippen molar-refractivity contribution < 1.29 is 4.39 Å². The largest absolute Gasteiger partial charge is 0.302 e. The summed E-state index contributed by atoms with van der Waals surface area (Å²) in [7, 11) is 0. The highest BCUT2D eigenvalue weighted by atomic mass is 19.1. The first-order valence-electron chi connectivity index (χ1n) is 12.1. The molecule has 0 amide bonds. The van der Waals surface area contributed by atoms with E-state index in [4.69, 9.17) is 0 Å². The van der Waals surface area contributed by atoms with Crippen molar-refractivity contribution in [2.45, 2.75) is 72.6 Å². The zero-order valence-corrected chi connectivity index (χ0v) is 20.1. The molecule has 31 heavy (non-hydrogen) atoms. The Morgan fingerprint density at radius 1 is 1.00 bits per heavy atom. The molecule has 2 heteroatoms. The molecule has 168 valence electrons. The first-order chi connectivity index (χ1) is 14.9. The van der Waals surface area contributed by atoms with Crippen LogP contribution in [-0.2, 0) is 0 Å². The zero-order valence-electron chi connectivity index (χ0n) is 20.1. The molecular weight excluding hydrogens is 381 g/mol. The number of nitrogens with zero attached hydrogens (tertiary/aromatic N) is 1. The number of halogens is 1. The van der Waals surface area contributed by atoms with Crippen LogP contribution in [0.1, 0.15) is 78.2 Å². The maximum atomic E-state index is 13.6. The summed E-state index contributed by atoms with van der Waals surface area (Å²) in [5, 5.41) is 0. The van der Waals surface area contributed by atoms with Gasteiger partial charge >= 0.3 is 0 Å². The molecule has 1 nitrogen and oxygen atoms in total. The molecule has 1 aliphatic carbocycles. The minimum atomic E-state index is -0.164. The van der Waals surface area contributed by atoms with Gasteiger partial charge in [0.15, 0.2) is 0 Å². The van der Waals surface area contributed by atoms with Gasteiger partial charge in [-0.05, 0) is 86.1 Å². The Morgan fingerprint density at radius 2 is 1.65 bits per heavy atom. The predicted molar refractivity (Wildman–Crippen MR) is 133 cm³/mol. The summed E-state index contributed by atoms with van der Waals surface area (Å²) in [6.07, 6.45) is 12.4. The van der Waals surface area contributed by atoms with Crippen molar-refractivity contribution in [2.24, 2.45) is 5.41 Å². The third kappa shape index (κ3) is 5.86. The molecule has 0 N–H and O–H groups in total. The van der Waals surface area contributed by atoms with E-state index >= 15 is 0 Å². The quantitative estimate of drug-likeness (QED) is 0.383. The van der Waals surface area contributed by atoms with E-state index in [1.807, 2.05) is 12.1 Å². The third-order valence-corrected chi connectivity index (χ3v) is 7.77. The molecule has 0 aromatic heterocycles. The Hall–Kier alpha value is -1.93. The SMILES string of the molecule is C=C(CCN1CCC(=C(C2=CC=C(C)CC2)c2ccc(F)cc2)CC1)C(C)(CC)CC. The number of hydrogen-bond acceptors (Lipinski definition) is 1. The predicted octanol–water partition coefficient (Wildman–Crippen LogP) is 8.11. The van der Waals surface area contributed by atoms with Gasteiger partial charge in [-0.1, -0.05) is 68.4 Å². The maximum Gasteiger partial charge on any atom is 0.123 e. The van der Waals surface area contributed by atoms with Crippen molar-refractivity contribution in [3.63, 3.8) is 0 Å². The zero-order chi connectivity index (χ0) is 22.4. The molecule has 1 saturated heterocycles. The summed E-state index contributed by atoms with van der Waals surface area (Å²) in [5.41, 5.74) is 8.60. The summed E-state index contributed by atoms with van der Waals surface area (Å²) in [6.45, 7) is 16.9. The van der Waals surface area contributed by atoms with E-state index in [2.05, 4.69) is 51.3 Å². The van der Waals surface area contributed by atoms with Crippen molar-refractivity contribution in [1.29, 1.82) is 0 Å². The van der Waals surface area contributed by atoms with Gasteiger partial charge in [-0.25, -0.2) is 4.39 Å². The molecule has 0 unspecified atom stereocenters. The highest BCUT2D eigenvalue weighted by Gasteiger charge is 2.25. The molecule has 0 bridgehead atoms. The summed E-state index contributed by atoms with van der Waals surface area (Å²) < 4.78 is 13.6. The van der Waals surface area contributed by atoms with Crippen LogP contribution in [-0.4, -0.2) is 24.5 Å². The lowest BCUT2D eigenvalue weighted by Crippen LogP contribution is -2.33. The molecular formula is C29H40FN. The lowest BCUT2D eigenvalue weighted by atomic mass is 9.76. The maximum absolute atomic E-state index is 13.6. The first kappa shape index (κ1) is 23.7. The van der Waals surface area contributed by atoms with Gasteiger partial charge in [-0.15, -0.1) is 0 Å². The molecule has 2 aliphatic rings. The van der Waals surface area contributed by atoms with Gasteiger partial charge in [0.25, 0.3) is 0 Å². The van der Waals surface area contributed by atoms with Gasteiger partial charge in [0.2, 0.25) is 0 Å². The van der Waals surface area contributed by atoms with Crippen LogP contribution in [0.4, 0.5) is 4.39 Å². The molecule has 3 rings (SSSR count). The Balaban J connectivity index is 1.73. The van der Waals surface area contributed by atoms with Gasteiger partial charge in [-0.3, -0.25) is 0 Å². The smallest absolute Gasteiger partial charge is 0.123 e. The molecule has 1 aliphatic heterocycles. The molecule has 0 radical (unpaired) electrons. The summed E-state index contributed by atoms with van der Waals surface area (Å²) in [5.74, 6) is -0.164. The second kappa shape index (κ2) is 10.6. The van der Waals surface area contributed by atoms with E-state index in [-0.39, 0.29) is 11.2 Å². The van der Waals surface area contributed by atoms with E-state index in [1.54, 1.807) is 12.1 Å². The van der Waals surface area contributed by atoms with Crippen LogP contribution in [0.15, 0.2) is 65.3 Å². The lowest BCUT2D eigenvalue weighted by molar-refractivity contribution is 0.249. The fraction of sp³-hybridized carbons (Fsp3) is 0.517. The standard InChI is InChI=1S/C29H40FN/c1-6-29(5,7-2)23(4)16-19-31-20-17-26(18-21-31)28(24-10-8-22(3)9-11-24)25-12-14-27(30)15-13-25/h8,10,12-15H,4,6-7,9,11,16-21H2,1-3,5H3. The van der Waals surface area contributed by atoms with Gasteiger partial charge < -0.3 is 4.90 Å². The fourth-order valence-corrected chi connectivity index (χ4v) is 4.82. The summed E-state index contributed by atoms with van der Waals surface area (Å²) >= 11 is 0. The first-order valence-corrected chi connectivity index (χ1v) is 12.1. The topological polar surface area (TPSA) is 3.24 Å². The average molecular weight is 422 g/mol. The minimum Gasteiger partial charge on any atom is -0.302 e. The van der Waals surface area contributed by atoms with E-state index in [9.17, 15) is 4.39 Å². The number of rotatable bonds is 8. The molecule has 1 heterocycles. The Kier molecular flexibility index (Phi) is 8.11. The van der Waals surface area contributed by atoms with Crippen molar-refractivity contribution in [3.8, 4) is 0 Å². The number of hydrogen-bond donors (Lipinski definition) is 0. The van der Waals surface area contributed by atoms with Crippen molar-refractivity contribution in [1.82, 2.24) is 4.90 Å². The van der Waals surface area contributed by atoms with Gasteiger partial charge in [0.05, 0.1) is 0 Å². The minimum absolute atomic E-state index is 0.164. The van der Waals surface area contributed by atoms with Gasteiger partial charge in [0.1, 0.15) is 5.82 Å². The van der Waals surface area contributed by atoms with Crippen molar-refractivity contribution in [3.05, 3.63) is 76.7 Å². The third-order valence-electron chi connectivity index (χ3n) is 7.77. The average Bonchev–Trinajstić information content (AvgIpc) is 2.80. The van der Waals surface area contributed by atoms with Gasteiger partial charge in [-0.2, -0.15) is 0 Å². The Bertz CT molecular complexity index is 855. The van der Waals surface area contributed by atoms with Crippen molar-refractivity contribution in [2.75, 3.05) is 19.6 Å². The number of benzene rings is 1. The Labute approximate surface area is 189 Å². The molecule has 0 saturated carbocycles. The monoisotopic (exact) mass is 421 g/mol. The molecule has 1 aromatic rings. The van der Waals surface area contributed by atoms with E-state index in [0.717, 1.165) is 51.7 Å². The van der Waals surface area contributed by atoms with Crippen molar-refractivity contribution >= 4 is 5.57 Å². The highest BCUT2D eigenvalue weighted by Crippen LogP contribution is 2.38. The van der Waals surface area contributed by atoms with Crippen LogP contribution >= 0.6 is 0 Å². The second-order valence-electron chi connectivity index (χ2n) is 9.65. The van der Waals surface area contributed by atoms with E-state index < -0.39 is 0 Å². The summed E-state index contributed by atoms with van der Waals surface area (Å²) in [6, 6.07) is 7.10. The van der Waals surface area contributed by atoms with Crippen LogP contribution in [0.2, 0.25) is 0 Å². The number of allylic oxidation sites excluding steroid dienone is 5. The van der Waals surface area contributed by atoms with Crippen LogP contribution in [0.5, 0.6) is 0 Å². The lowest BCUT2D eigenvalue weighted by Gasteiger charge is -2.34. The molecule has 1 fully saturated rings. The van der Waals surface area contributed by atoms with Crippen LogP contribution in [0.25, 0.3) is 5.57 Å². The van der Waals surface area contributed by atoms with E-state index in [0.29, 0.717) is 0 Å². The molecule has 0 spiro atoms. The van der Waals surface area contributed by atoms with Crippen LogP contribution < -0.4 is 0 Å². The van der Waals surface area contributed by atoms with Crippen LogP contribution in [0, 0.1) is 11.2 Å². The Morgan fingerprint density at radius 3 is 2.19 bits per heavy atom. The number of likely N-dealkylation sites (tertiary alicyclic amines) is 1. The second-order valence-corrected chi connectivity index (χ2v) is 9.65. The van der Waals surface area contributed by atoms with E-state index in [1.165, 1.54) is 46.3 Å². The highest BCUT2D eigenvalue weighted by molar-refractivity contribution is 5.82. The number of piperidine rings is 1. The molecule has 0 atom stereocenters. The van der Waals surface area contributed by atoms with Crippen LogP contribution in [0.3, 0.4) is 0 Å². The normalized spacial score (nSPS) is 17.9. The fourth-order valence-electron chi connectivity index (χ4n) is 4.82. The molecule has 1 aromatic carbocycles.